The van der Waals surface area contributed by atoms with E-state index in [4.69, 9.17) is 0 Å². The topological polar surface area (TPSA) is 84.7 Å². The van der Waals surface area contributed by atoms with Crippen LogP contribution in [0.3, 0.4) is 0 Å². The number of nitrogens with one attached hydrogen (secondary N) is 2. The Morgan fingerprint density at radius 1 is 1.04 bits per heavy atom. The zero-order valence-corrected chi connectivity index (χ0v) is 16.4. The van der Waals surface area contributed by atoms with Gasteiger partial charge in [0.1, 0.15) is 5.82 Å². The van der Waals surface area contributed by atoms with E-state index in [0.29, 0.717) is 12.0 Å². The molecule has 4 rings (SSSR count). The van der Waals surface area contributed by atoms with Gasteiger partial charge in [0.05, 0.1) is 11.9 Å². The van der Waals surface area contributed by atoms with Crippen LogP contribution in [0.1, 0.15) is 19.3 Å². The molecule has 3 heterocycles. The van der Waals surface area contributed by atoms with Gasteiger partial charge in [0.2, 0.25) is 5.95 Å². The molecule has 144 valence electrons. The number of hydrogen-bond acceptors (Lipinski definition) is 7. The van der Waals surface area contributed by atoms with Gasteiger partial charge >= 0.3 is 0 Å². The van der Waals surface area contributed by atoms with E-state index in [0.717, 1.165) is 35.7 Å². The van der Waals surface area contributed by atoms with Crippen LogP contribution < -0.4 is 16.2 Å². The normalized spacial score (nSPS) is 18.8. The number of thioether (sulfide) groups is 1. The maximum absolute atomic E-state index is 12.4. The smallest absolute Gasteiger partial charge is 0.256 e. The fraction of sp³-hybridized carbons (Fsp3) is 0.300. The molecule has 2 atom stereocenters. The fourth-order valence-corrected chi connectivity index (χ4v) is 3.80. The number of anilines is 2. The first kappa shape index (κ1) is 18.5. The fourth-order valence-electron chi connectivity index (χ4n) is 3.49. The van der Waals surface area contributed by atoms with E-state index in [1.807, 2.05) is 36.8 Å². The van der Waals surface area contributed by atoms with Crippen molar-refractivity contribution < 1.29 is 0 Å². The lowest BCUT2D eigenvalue weighted by Crippen LogP contribution is -2.26. The van der Waals surface area contributed by atoms with Crippen molar-refractivity contribution in [2.24, 2.45) is 0 Å². The summed E-state index contributed by atoms with van der Waals surface area (Å²) in [5.41, 5.74) is 0.679. The quantitative estimate of drug-likeness (QED) is 0.621. The molecule has 0 aliphatic heterocycles. The zero-order valence-electron chi connectivity index (χ0n) is 15.6. The molecular formula is C20H22N6OS. The summed E-state index contributed by atoms with van der Waals surface area (Å²) in [5.74, 6) is 1.45. The molecular weight excluding hydrogens is 372 g/mol. The average Bonchev–Trinajstić information content (AvgIpc) is 3.16. The van der Waals surface area contributed by atoms with Crippen molar-refractivity contribution in [1.29, 1.82) is 0 Å². The van der Waals surface area contributed by atoms with Gasteiger partial charge in [0.15, 0.2) is 0 Å². The Kier molecular flexibility index (Phi) is 5.57. The minimum Gasteiger partial charge on any atom is -0.368 e. The van der Waals surface area contributed by atoms with Gasteiger partial charge in [-0.3, -0.25) is 14.3 Å². The van der Waals surface area contributed by atoms with Crippen molar-refractivity contribution in [1.82, 2.24) is 19.5 Å². The predicted molar refractivity (Wildman–Crippen MR) is 112 cm³/mol. The first-order chi connectivity index (χ1) is 13.7. The molecule has 1 aliphatic rings. The molecule has 2 N–H and O–H groups in total. The Bertz CT molecular complexity index is 976. The van der Waals surface area contributed by atoms with E-state index < -0.39 is 0 Å². The maximum Gasteiger partial charge on any atom is 0.256 e. The number of aromatic nitrogens is 4. The molecule has 0 saturated heterocycles. The number of hydrogen-bond donors (Lipinski definition) is 2. The Balaban J connectivity index is 1.45. The Hall–Kier alpha value is -2.87. The monoisotopic (exact) mass is 394 g/mol. The lowest BCUT2D eigenvalue weighted by atomic mass is 10.2. The van der Waals surface area contributed by atoms with Gasteiger partial charge in [-0.05, 0) is 43.7 Å². The summed E-state index contributed by atoms with van der Waals surface area (Å²) in [5, 5.41) is 6.95. The molecule has 0 radical (unpaired) electrons. The highest BCUT2D eigenvalue weighted by atomic mass is 32.2. The van der Waals surface area contributed by atoms with Crippen LogP contribution in [0.5, 0.6) is 0 Å². The van der Waals surface area contributed by atoms with Crippen LogP contribution in [0.15, 0.2) is 64.8 Å². The van der Waals surface area contributed by atoms with Crippen LogP contribution in [0.25, 0.3) is 5.69 Å². The van der Waals surface area contributed by atoms with E-state index in [2.05, 4.69) is 25.6 Å². The highest BCUT2D eigenvalue weighted by Gasteiger charge is 2.26. The third kappa shape index (κ3) is 4.17. The van der Waals surface area contributed by atoms with Gasteiger partial charge in [0.25, 0.3) is 5.56 Å². The summed E-state index contributed by atoms with van der Waals surface area (Å²) in [6.45, 7) is 0. The predicted octanol–water partition coefficient (Wildman–Crippen LogP) is 3.19. The second-order valence-electron chi connectivity index (χ2n) is 6.74. The summed E-state index contributed by atoms with van der Waals surface area (Å²) < 4.78 is 1.66. The molecule has 0 aromatic carbocycles. The van der Waals surface area contributed by atoms with Crippen LogP contribution in [-0.2, 0) is 0 Å². The van der Waals surface area contributed by atoms with Crippen molar-refractivity contribution in [3.8, 4) is 5.69 Å². The van der Waals surface area contributed by atoms with E-state index in [-0.39, 0.29) is 11.6 Å². The standard InChI is InChI=1S/C20H22N6OS/c1-28-17-12-22-20(23-13-17)25-15-8-7-14(10-15)24-18-5-2-6-19(27)26(18)16-4-3-9-21-11-16/h2-6,9,11-15,24H,7-8,10H2,1H3,(H,22,23,25)/t14-,15-/m0/s1. The molecule has 0 bridgehead atoms. The molecule has 1 aliphatic carbocycles. The molecule has 1 fully saturated rings. The third-order valence-electron chi connectivity index (χ3n) is 4.84. The lowest BCUT2D eigenvalue weighted by molar-refractivity contribution is 0.712. The van der Waals surface area contributed by atoms with Gasteiger partial charge in [-0.2, -0.15) is 0 Å². The van der Waals surface area contributed by atoms with Crippen molar-refractivity contribution in [3.05, 3.63) is 65.5 Å². The molecule has 28 heavy (non-hydrogen) atoms. The van der Waals surface area contributed by atoms with Crippen LogP contribution in [0.4, 0.5) is 11.8 Å². The van der Waals surface area contributed by atoms with Crippen molar-refractivity contribution in [2.45, 2.75) is 36.2 Å². The first-order valence-corrected chi connectivity index (χ1v) is 10.5. The summed E-state index contributed by atoms with van der Waals surface area (Å²) in [4.78, 5) is 26.4. The second-order valence-corrected chi connectivity index (χ2v) is 7.62. The lowest BCUT2D eigenvalue weighted by Gasteiger charge is -2.19. The molecule has 7 nitrogen and oxygen atoms in total. The van der Waals surface area contributed by atoms with Crippen molar-refractivity contribution in [3.63, 3.8) is 0 Å². The Morgan fingerprint density at radius 3 is 2.54 bits per heavy atom. The van der Waals surface area contributed by atoms with E-state index >= 15 is 0 Å². The summed E-state index contributed by atoms with van der Waals surface area (Å²) in [6, 6.07) is 9.56. The zero-order chi connectivity index (χ0) is 19.3. The van der Waals surface area contributed by atoms with Gasteiger partial charge in [-0.1, -0.05) is 6.07 Å². The minimum atomic E-state index is -0.0760. The maximum atomic E-state index is 12.4. The highest BCUT2D eigenvalue weighted by molar-refractivity contribution is 7.98. The van der Waals surface area contributed by atoms with Gasteiger partial charge in [-0.25, -0.2) is 9.97 Å². The number of pyridine rings is 2. The van der Waals surface area contributed by atoms with Gasteiger partial charge in [-0.15, -0.1) is 11.8 Å². The van der Waals surface area contributed by atoms with E-state index in [1.165, 1.54) is 0 Å². The molecule has 1 saturated carbocycles. The number of nitrogens with zero attached hydrogens (tertiary/aromatic N) is 4. The Morgan fingerprint density at radius 2 is 1.82 bits per heavy atom. The molecule has 8 heteroatoms. The molecule has 3 aromatic heterocycles. The summed E-state index contributed by atoms with van der Waals surface area (Å²) in [7, 11) is 0. The number of rotatable bonds is 6. The summed E-state index contributed by atoms with van der Waals surface area (Å²) in [6.07, 6.45) is 12.0. The van der Waals surface area contributed by atoms with Crippen LogP contribution in [0.2, 0.25) is 0 Å². The summed E-state index contributed by atoms with van der Waals surface area (Å²) >= 11 is 1.63. The first-order valence-electron chi connectivity index (χ1n) is 9.24. The Labute approximate surface area is 167 Å². The van der Waals surface area contributed by atoms with Crippen molar-refractivity contribution in [2.75, 3.05) is 16.9 Å². The molecule has 0 spiro atoms. The van der Waals surface area contributed by atoms with Crippen LogP contribution >= 0.6 is 11.8 Å². The van der Waals surface area contributed by atoms with E-state index in [1.54, 1.807) is 40.9 Å². The third-order valence-corrected chi connectivity index (χ3v) is 5.52. The molecule has 0 amide bonds. The average molecular weight is 395 g/mol. The SMILES string of the molecule is CSc1cnc(N[C@H]2CC[C@H](Nc3cccc(=O)n3-c3cccnc3)C2)nc1. The highest BCUT2D eigenvalue weighted by Crippen LogP contribution is 2.25. The van der Waals surface area contributed by atoms with Gasteiger partial charge in [0, 0.05) is 41.6 Å². The van der Waals surface area contributed by atoms with E-state index in [9.17, 15) is 4.79 Å². The molecule has 0 unspecified atom stereocenters. The largest absolute Gasteiger partial charge is 0.368 e. The van der Waals surface area contributed by atoms with Crippen molar-refractivity contribution >= 4 is 23.5 Å². The van der Waals surface area contributed by atoms with Gasteiger partial charge < -0.3 is 10.6 Å². The second kappa shape index (κ2) is 8.43. The minimum absolute atomic E-state index is 0.0760. The molecule has 3 aromatic rings. The van der Waals surface area contributed by atoms with Crippen LogP contribution in [0, 0.1) is 0 Å². The van der Waals surface area contributed by atoms with Crippen LogP contribution in [-0.4, -0.2) is 37.9 Å².